The fourth-order valence-corrected chi connectivity index (χ4v) is 3.44. The molecule has 7 nitrogen and oxygen atoms in total. The Labute approximate surface area is 181 Å². The molecule has 3 rings (SSSR count). The number of thiazole rings is 1. The van der Waals surface area contributed by atoms with Gasteiger partial charge < -0.3 is 25.0 Å². The molecule has 0 saturated carbocycles. The second kappa shape index (κ2) is 11.3. The predicted octanol–water partition coefficient (Wildman–Crippen LogP) is 2.42. The zero-order chi connectivity index (χ0) is 18.2. The van der Waals surface area contributed by atoms with E-state index >= 15 is 0 Å². The number of ether oxygens (including phenoxy) is 2. The fraction of sp³-hybridized carbons (Fsp3) is 0.444. The highest BCUT2D eigenvalue weighted by molar-refractivity contribution is 14.0. The number of benzene rings is 1. The largest absolute Gasteiger partial charge is 0.491 e. The van der Waals surface area contributed by atoms with Crippen molar-refractivity contribution in [2.45, 2.75) is 6.54 Å². The molecule has 2 heterocycles. The van der Waals surface area contributed by atoms with Crippen LogP contribution < -0.4 is 15.4 Å². The number of nitrogens with zero attached hydrogens (tertiary/aromatic N) is 4. The summed E-state index contributed by atoms with van der Waals surface area (Å²) in [6.07, 6.45) is 1.84. The maximum Gasteiger partial charge on any atom is 0.191 e. The highest BCUT2D eigenvalue weighted by Gasteiger charge is 2.19. The van der Waals surface area contributed by atoms with Crippen LogP contribution in [0.1, 0.15) is 5.56 Å². The van der Waals surface area contributed by atoms with Crippen molar-refractivity contribution < 1.29 is 9.47 Å². The molecule has 1 saturated heterocycles. The van der Waals surface area contributed by atoms with Gasteiger partial charge in [0.2, 0.25) is 0 Å². The number of nitrogens with two attached hydrogens (primary N) is 1. The molecule has 0 spiro atoms. The van der Waals surface area contributed by atoms with Crippen molar-refractivity contribution in [2.75, 3.05) is 51.4 Å². The normalized spacial score (nSPS) is 14.8. The molecule has 2 aromatic rings. The first-order valence-electron chi connectivity index (χ1n) is 8.66. The summed E-state index contributed by atoms with van der Waals surface area (Å²) in [4.78, 5) is 13.3. The number of guanidine groups is 1. The quantitative estimate of drug-likeness (QED) is 0.271. The third-order valence-corrected chi connectivity index (χ3v) is 5.00. The van der Waals surface area contributed by atoms with E-state index in [0.717, 1.165) is 42.6 Å². The van der Waals surface area contributed by atoms with E-state index in [0.29, 0.717) is 25.7 Å². The van der Waals surface area contributed by atoms with Gasteiger partial charge in [-0.2, -0.15) is 0 Å². The van der Waals surface area contributed by atoms with Gasteiger partial charge in [0, 0.05) is 44.9 Å². The second-order valence-electron chi connectivity index (χ2n) is 5.95. The number of anilines is 1. The van der Waals surface area contributed by atoms with E-state index in [1.807, 2.05) is 35.8 Å². The van der Waals surface area contributed by atoms with E-state index in [1.54, 1.807) is 18.4 Å². The molecule has 27 heavy (non-hydrogen) atoms. The van der Waals surface area contributed by atoms with Crippen LogP contribution in [0.15, 0.2) is 40.8 Å². The highest BCUT2D eigenvalue weighted by atomic mass is 127. The van der Waals surface area contributed by atoms with E-state index < -0.39 is 0 Å². The summed E-state index contributed by atoms with van der Waals surface area (Å²) in [5.74, 6) is 1.42. The van der Waals surface area contributed by atoms with Crippen LogP contribution in [0, 0.1) is 0 Å². The molecular weight excluding hydrogens is 477 g/mol. The van der Waals surface area contributed by atoms with E-state index in [2.05, 4.69) is 19.8 Å². The van der Waals surface area contributed by atoms with Gasteiger partial charge in [-0.25, -0.2) is 9.98 Å². The van der Waals surface area contributed by atoms with Crippen LogP contribution >= 0.6 is 35.3 Å². The van der Waals surface area contributed by atoms with Crippen LogP contribution in [0.2, 0.25) is 0 Å². The maximum absolute atomic E-state index is 6.19. The van der Waals surface area contributed by atoms with Gasteiger partial charge in [-0.1, -0.05) is 12.1 Å². The van der Waals surface area contributed by atoms with Crippen LogP contribution in [-0.4, -0.2) is 62.3 Å². The number of halogens is 1. The average Bonchev–Trinajstić information content (AvgIpc) is 3.22. The predicted molar refractivity (Wildman–Crippen MR) is 120 cm³/mol. The lowest BCUT2D eigenvalue weighted by atomic mass is 10.2. The Morgan fingerprint density at radius 2 is 2.07 bits per heavy atom. The van der Waals surface area contributed by atoms with Crippen LogP contribution in [0.25, 0.3) is 0 Å². The van der Waals surface area contributed by atoms with E-state index in [4.69, 9.17) is 15.2 Å². The minimum Gasteiger partial charge on any atom is -0.491 e. The number of piperazine rings is 1. The number of rotatable bonds is 7. The molecule has 1 aliphatic heterocycles. The zero-order valence-corrected chi connectivity index (χ0v) is 18.6. The summed E-state index contributed by atoms with van der Waals surface area (Å²) >= 11 is 1.67. The van der Waals surface area contributed by atoms with Crippen molar-refractivity contribution in [2.24, 2.45) is 10.7 Å². The molecule has 0 atom stereocenters. The Kier molecular flexibility index (Phi) is 9.08. The monoisotopic (exact) mass is 503 g/mol. The molecule has 1 aromatic heterocycles. The first-order valence-corrected chi connectivity index (χ1v) is 9.54. The Bertz CT molecular complexity index is 706. The highest BCUT2D eigenvalue weighted by Crippen LogP contribution is 2.19. The van der Waals surface area contributed by atoms with Crippen molar-refractivity contribution in [1.82, 2.24) is 9.88 Å². The summed E-state index contributed by atoms with van der Waals surface area (Å²) in [6, 6.07) is 7.92. The van der Waals surface area contributed by atoms with Crippen molar-refractivity contribution in [3.8, 4) is 5.75 Å². The molecule has 2 N–H and O–H groups in total. The van der Waals surface area contributed by atoms with Gasteiger partial charge in [0.05, 0.1) is 13.2 Å². The van der Waals surface area contributed by atoms with E-state index in [9.17, 15) is 0 Å². The van der Waals surface area contributed by atoms with Gasteiger partial charge in [0.15, 0.2) is 11.1 Å². The number of hydrogen-bond donors (Lipinski definition) is 1. The molecule has 0 bridgehead atoms. The lowest BCUT2D eigenvalue weighted by Crippen LogP contribution is -2.51. The molecule has 0 radical (unpaired) electrons. The van der Waals surface area contributed by atoms with Gasteiger partial charge in [0.25, 0.3) is 0 Å². The van der Waals surface area contributed by atoms with Gasteiger partial charge in [-0.15, -0.1) is 35.3 Å². The Morgan fingerprint density at radius 1 is 1.26 bits per heavy atom. The smallest absolute Gasteiger partial charge is 0.191 e. The fourth-order valence-electron chi connectivity index (χ4n) is 2.75. The second-order valence-corrected chi connectivity index (χ2v) is 6.82. The van der Waals surface area contributed by atoms with Crippen LogP contribution in [-0.2, 0) is 11.3 Å². The van der Waals surface area contributed by atoms with Gasteiger partial charge in [-0.05, 0) is 17.7 Å². The lowest BCUT2D eigenvalue weighted by molar-refractivity contribution is 0.146. The lowest BCUT2D eigenvalue weighted by Gasteiger charge is -2.35. The topological polar surface area (TPSA) is 76.2 Å². The first kappa shape index (κ1) is 21.7. The molecule has 1 fully saturated rings. The maximum atomic E-state index is 6.19. The van der Waals surface area contributed by atoms with E-state index in [-0.39, 0.29) is 24.0 Å². The number of aromatic nitrogens is 1. The third-order valence-electron chi connectivity index (χ3n) is 4.17. The van der Waals surface area contributed by atoms with Crippen molar-refractivity contribution in [1.29, 1.82) is 0 Å². The summed E-state index contributed by atoms with van der Waals surface area (Å²) in [5.41, 5.74) is 7.27. The Morgan fingerprint density at radius 3 is 2.78 bits per heavy atom. The summed E-state index contributed by atoms with van der Waals surface area (Å²) < 4.78 is 10.6. The minimum atomic E-state index is 0. The number of methoxy groups -OCH3 is 1. The zero-order valence-electron chi connectivity index (χ0n) is 15.4. The van der Waals surface area contributed by atoms with Crippen molar-refractivity contribution in [3.63, 3.8) is 0 Å². The van der Waals surface area contributed by atoms with E-state index in [1.165, 1.54) is 0 Å². The summed E-state index contributed by atoms with van der Waals surface area (Å²) in [5, 5.41) is 3.08. The molecule has 148 valence electrons. The van der Waals surface area contributed by atoms with Gasteiger partial charge >= 0.3 is 0 Å². The Balaban J connectivity index is 0.00000261. The third kappa shape index (κ3) is 6.51. The van der Waals surface area contributed by atoms with Crippen molar-refractivity contribution >= 4 is 46.4 Å². The van der Waals surface area contributed by atoms with Gasteiger partial charge in [-0.3, -0.25) is 0 Å². The van der Waals surface area contributed by atoms with Gasteiger partial charge in [0.1, 0.15) is 12.4 Å². The molecular formula is C18H26IN5O2S. The Hall–Kier alpha value is -1.59. The summed E-state index contributed by atoms with van der Waals surface area (Å²) in [7, 11) is 1.66. The molecule has 1 aromatic carbocycles. The molecule has 0 unspecified atom stereocenters. The molecule has 0 aliphatic carbocycles. The standard InChI is InChI=1S/C18H25N5O2S.HI/c1-24-10-11-25-16-4-2-3-15(13-16)14-21-17(19)22-6-8-23(9-7-22)18-20-5-12-26-18;/h2-5,12-13H,6-11,14H2,1H3,(H2,19,21);1H. The average molecular weight is 503 g/mol. The minimum absolute atomic E-state index is 0. The number of aliphatic imine (C=N–C) groups is 1. The molecule has 0 amide bonds. The molecule has 9 heteroatoms. The first-order chi connectivity index (χ1) is 12.8. The SMILES string of the molecule is COCCOc1cccc(CN=C(N)N2CCN(c3nccs3)CC2)c1.I. The van der Waals surface area contributed by atoms with Crippen molar-refractivity contribution in [3.05, 3.63) is 41.4 Å². The van der Waals surface area contributed by atoms with Crippen LogP contribution in [0.5, 0.6) is 5.75 Å². The number of hydrogen-bond acceptors (Lipinski definition) is 6. The summed E-state index contributed by atoms with van der Waals surface area (Å²) in [6.45, 7) is 5.18. The molecule has 1 aliphatic rings. The van der Waals surface area contributed by atoms with Crippen LogP contribution in [0.3, 0.4) is 0 Å². The van der Waals surface area contributed by atoms with Crippen LogP contribution in [0.4, 0.5) is 5.13 Å².